The van der Waals surface area contributed by atoms with Crippen molar-refractivity contribution in [1.82, 2.24) is 19.5 Å². The van der Waals surface area contributed by atoms with Gasteiger partial charge < -0.3 is 15.4 Å². The van der Waals surface area contributed by atoms with Crippen LogP contribution in [0.15, 0.2) is 91.5 Å². The number of ether oxygens (including phenoxy) is 1. The van der Waals surface area contributed by atoms with Crippen LogP contribution in [0.5, 0.6) is 11.6 Å². The first-order valence-corrected chi connectivity index (χ1v) is 10.3. The summed E-state index contributed by atoms with van der Waals surface area (Å²) in [5.41, 5.74) is 1.36. The van der Waals surface area contributed by atoms with Gasteiger partial charge in [0.15, 0.2) is 0 Å². The predicted molar refractivity (Wildman–Crippen MR) is 127 cm³/mol. The van der Waals surface area contributed by atoms with Crippen LogP contribution in [0, 0.1) is 6.92 Å². The van der Waals surface area contributed by atoms with E-state index in [4.69, 9.17) is 4.74 Å². The van der Waals surface area contributed by atoms with Gasteiger partial charge in [0.2, 0.25) is 5.88 Å². The first kappa shape index (κ1) is 20.2. The molecule has 0 spiro atoms. The van der Waals surface area contributed by atoms with Gasteiger partial charge in [-0.25, -0.2) is 14.8 Å². The number of carbonyl (C=O) groups is 1. The number of aromatic nitrogens is 4. The molecule has 0 saturated heterocycles. The predicted octanol–water partition coefficient (Wildman–Crippen LogP) is 5.56. The number of aryl methyl sites for hydroxylation is 1. The Morgan fingerprint density at radius 1 is 0.879 bits per heavy atom. The Hall–Kier alpha value is -4.72. The Morgan fingerprint density at radius 3 is 2.42 bits per heavy atom. The summed E-state index contributed by atoms with van der Waals surface area (Å²) in [7, 11) is 0. The number of nitrogens with zero attached hydrogens (tertiary/aromatic N) is 4. The van der Waals surface area contributed by atoms with Crippen LogP contribution in [0.2, 0.25) is 0 Å². The first-order valence-electron chi connectivity index (χ1n) is 10.3. The molecular formula is C25H20N6O2. The number of anilines is 2. The molecule has 0 aliphatic heterocycles. The summed E-state index contributed by atoms with van der Waals surface area (Å²) in [6, 6.07) is 22.3. The quantitative estimate of drug-likeness (QED) is 0.376. The fourth-order valence-electron chi connectivity index (χ4n) is 3.39. The summed E-state index contributed by atoms with van der Waals surface area (Å²) in [5.74, 6) is 2.25. The van der Waals surface area contributed by atoms with E-state index in [1.165, 1.54) is 0 Å². The highest BCUT2D eigenvalue weighted by molar-refractivity contribution is 6.01. The molecule has 5 aromatic rings. The van der Waals surface area contributed by atoms with Gasteiger partial charge in [0.1, 0.15) is 23.7 Å². The van der Waals surface area contributed by atoms with Crippen LogP contribution >= 0.6 is 0 Å². The Bertz CT molecular complexity index is 1420. The maximum Gasteiger partial charge on any atom is 0.323 e. The van der Waals surface area contributed by atoms with Gasteiger partial charge in [-0.05, 0) is 54.1 Å². The molecule has 8 nitrogen and oxygen atoms in total. The lowest BCUT2D eigenvalue weighted by atomic mass is 10.1. The maximum absolute atomic E-state index is 12.4. The molecule has 2 aromatic heterocycles. The minimum Gasteiger partial charge on any atom is -0.439 e. The highest BCUT2D eigenvalue weighted by atomic mass is 16.5. The second-order valence-electron chi connectivity index (χ2n) is 7.35. The molecule has 33 heavy (non-hydrogen) atoms. The van der Waals surface area contributed by atoms with Crippen LogP contribution < -0.4 is 15.4 Å². The van der Waals surface area contributed by atoms with E-state index < -0.39 is 0 Å². The molecule has 0 aliphatic carbocycles. The number of imidazole rings is 1. The number of benzene rings is 3. The molecule has 162 valence electrons. The molecule has 2 amide bonds. The number of urea groups is 1. The van der Waals surface area contributed by atoms with E-state index in [9.17, 15) is 4.79 Å². The topological polar surface area (TPSA) is 94.0 Å². The van der Waals surface area contributed by atoms with Gasteiger partial charge in [-0.1, -0.05) is 30.3 Å². The van der Waals surface area contributed by atoms with Crippen LogP contribution in [-0.4, -0.2) is 25.6 Å². The van der Waals surface area contributed by atoms with Crippen molar-refractivity contribution in [2.45, 2.75) is 6.92 Å². The van der Waals surface area contributed by atoms with E-state index in [1.54, 1.807) is 60.5 Å². The van der Waals surface area contributed by atoms with Crippen LogP contribution in [0.3, 0.4) is 0 Å². The molecule has 0 saturated carbocycles. The lowest BCUT2D eigenvalue weighted by molar-refractivity contribution is 0.262. The molecule has 2 N–H and O–H groups in total. The minimum absolute atomic E-state index is 0.324. The second-order valence-corrected chi connectivity index (χ2v) is 7.35. The lowest BCUT2D eigenvalue weighted by Gasteiger charge is -2.10. The van der Waals surface area contributed by atoms with Crippen molar-refractivity contribution in [2.24, 2.45) is 0 Å². The van der Waals surface area contributed by atoms with E-state index >= 15 is 0 Å². The second kappa shape index (κ2) is 8.80. The van der Waals surface area contributed by atoms with Gasteiger partial charge in [0.05, 0.1) is 0 Å². The van der Waals surface area contributed by atoms with E-state index in [2.05, 4.69) is 25.6 Å². The Balaban J connectivity index is 1.23. The summed E-state index contributed by atoms with van der Waals surface area (Å²) < 4.78 is 7.66. The molecular weight excluding hydrogens is 416 g/mol. The third-order valence-electron chi connectivity index (χ3n) is 4.91. The zero-order valence-electron chi connectivity index (χ0n) is 17.8. The molecule has 0 aliphatic rings. The number of rotatable bonds is 5. The van der Waals surface area contributed by atoms with Crippen LogP contribution in [0.1, 0.15) is 5.82 Å². The average molecular weight is 436 g/mol. The third kappa shape index (κ3) is 4.80. The molecule has 5 rings (SSSR count). The summed E-state index contributed by atoms with van der Waals surface area (Å²) >= 11 is 0. The highest BCUT2D eigenvalue weighted by Crippen LogP contribution is 2.24. The number of hydrogen-bond acceptors (Lipinski definition) is 5. The molecule has 0 bridgehead atoms. The monoisotopic (exact) mass is 436 g/mol. The van der Waals surface area contributed by atoms with E-state index in [0.717, 1.165) is 16.5 Å². The van der Waals surface area contributed by atoms with Gasteiger partial charge in [-0.2, -0.15) is 4.98 Å². The normalized spacial score (nSPS) is 10.7. The fourth-order valence-corrected chi connectivity index (χ4v) is 3.39. The molecule has 0 unspecified atom stereocenters. The lowest BCUT2D eigenvalue weighted by Crippen LogP contribution is -2.19. The summed E-state index contributed by atoms with van der Waals surface area (Å²) in [6.07, 6.45) is 5.14. The minimum atomic E-state index is -0.324. The summed E-state index contributed by atoms with van der Waals surface area (Å²) in [6.45, 7) is 1.80. The van der Waals surface area contributed by atoms with E-state index in [-0.39, 0.29) is 6.03 Å². The van der Waals surface area contributed by atoms with Crippen LogP contribution in [0.4, 0.5) is 16.2 Å². The van der Waals surface area contributed by atoms with Crippen molar-refractivity contribution in [3.05, 3.63) is 97.3 Å². The zero-order valence-corrected chi connectivity index (χ0v) is 17.8. The van der Waals surface area contributed by atoms with Gasteiger partial charge in [0.25, 0.3) is 0 Å². The first-order chi connectivity index (χ1) is 16.1. The molecule has 2 heterocycles. The number of amides is 2. The molecule has 0 fully saturated rings. The van der Waals surface area contributed by atoms with E-state index in [0.29, 0.717) is 29.0 Å². The molecule has 3 aromatic carbocycles. The largest absolute Gasteiger partial charge is 0.439 e. The smallest absolute Gasteiger partial charge is 0.323 e. The van der Waals surface area contributed by atoms with Crippen molar-refractivity contribution < 1.29 is 9.53 Å². The number of fused-ring (bicyclic) bond motifs is 1. The van der Waals surface area contributed by atoms with Crippen molar-refractivity contribution in [1.29, 1.82) is 0 Å². The maximum atomic E-state index is 12.4. The van der Waals surface area contributed by atoms with Crippen molar-refractivity contribution in [3.8, 4) is 17.4 Å². The average Bonchev–Trinajstić information content (AvgIpc) is 3.35. The SMILES string of the molecule is Cc1nc(Oc2ccc(NC(=O)Nc3ccc4ccccc4c3)cc2)cc(-n2ccnc2)n1. The standard InChI is InChI=1S/C25H20N6O2/c1-17-27-23(31-13-12-26-16-31)15-24(28-17)33-22-10-8-20(9-11-22)29-25(32)30-21-7-6-18-4-2-3-5-19(18)14-21/h2-16H,1H3,(H2,29,30,32). The van der Waals surface area contributed by atoms with Crippen LogP contribution in [-0.2, 0) is 0 Å². The number of nitrogens with one attached hydrogen (secondary N) is 2. The highest BCUT2D eigenvalue weighted by Gasteiger charge is 2.08. The Kier molecular flexibility index (Phi) is 5.38. The van der Waals surface area contributed by atoms with Crippen LogP contribution in [0.25, 0.3) is 16.6 Å². The van der Waals surface area contributed by atoms with Gasteiger partial charge in [-0.15, -0.1) is 0 Å². The van der Waals surface area contributed by atoms with Gasteiger partial charge in [0, 0.05) is 29.8 Å². The summed E-state index contributed by atoms with van der Waals surface area (Å²) in [5, 5.41) is 7.87. The van der Waals surface area contributed by atoms with Gasteiger partial charge >= 0.3 is 6.03 Å². The Labute approximate surface area is 189 Å². The Morgan fingerprint density at radius 2 is 1.64 bits per heavy atom. The van der Waals surface area contributed by atoms with Crippen molar-refractivity contribution in [2.75, 3.05) is 10.6 Å². The fraction of sp³-hybridized carbons (Fsp3) is 0.0400. The zero-order chi connectivity index (χ0) is 22.6. The molecule has 0 atom stereocenters. The van der Waals surface area contributed by atoms with Crippen molar-refractivity contribution >= 4 is 28.2 Å². The number of carbonyl (C=O) groups excluding carboxylic acids is 1. The van der Waals surface area contributed by atoms with Crippen molar-refractivity contribution in [3.63, 3.8) is 0 Å². The third-order valence-corrected chi connectivity index (χ3v) is 4.91. The molecule has 0 radical (unpaired) electrons. The molecule has 8 heteroatoms. The van der Waals surface area contributed by atoms with Gasteiger partial charge in [-0.3, -0.25) is 4.57 Å². The summed E-state index contributed by atoms with van der Waals surface area (Å²) in [4.78, 5) is 25.2. The van der Waals surface area contributed by atoms with E-state index in [1.807, 2.05) is 42.5 Å². The number of hydrogen-bond donors (Lipinski definition) is 2.